The molecule has 0 saturated carbocycles. The van der Waals surface area contributed by atoms with Gasteiger partial charge in [-0.2, -0.15) is 0 Å². The van der Waals surface area contributed by atoms with E-state index < -0.39 is 11.9 Å². The fourth-order valence-electron chi connectivity index (χ4n) is 4.25. The van der Waals surface area contributed by atoms with Gasteiger partial charge in [-0.3, -0.25) is 4.79 Å². The van der Waals surface area contributed by atoms with Crippen molar-refractivity contribution in [1.82, 2.24) is 19.1 Å². The number of nitrogens with zero attached hydrogens (tertiary/aromatic N) is 4. The number of ether oxygens (including phenoxy) is 1. The Balaban J connectivity index is 1.89. The summed E-state index contributed by atoms with van der Waals surface area (Å²) < 4.78 is 9.31. The van der Waals surface area contributed by atoms with Gasteiger partial charge in [-0.05, 0) is 75.7 Å². The van der Waals surface area contributed by atoms with Crippen molar-refractivity contribution in [3.63, 3.8) is 0 Å². The highest BCUT2D eigenvalue weighted by Gasteiger charge is 2.24. The topological polar surface area (TPSA) is 82.2 Å². The normalized spacial score (nSPS) is 12.0. The van der Waals surface area contributed by atoms with Crippen LogP contribution in [-0.2, 0) is 11.2 Å². The van der Waals surface area contributed by atoms with Gasteiger partial charge in [0.2, 0.25) is 5.88 Å². The number of carboxylic acid groups (broad SMARTS) is 1. The molecule has 0 aromatic carbocycles. The summed E-state index contributed by atoms with van der Waals surface area (Å²) in [6.07, 6.45) is 0.239. The van der Waals surface area contributed by atoms with Gasteiger partial charge in [-0.1, -0.05) is 6.07 Å². The number of hydrogen-bond acceptors (Lipinski definition) is 4. The molecule has 4 rings (SSSR count). The van der Waals surface area contributed by atoms with Crippen LogP contribution in [0, 0.1) is 27.7 Å². The summed E-state index contributed by atoms with van der Waals surface area (Å²) in [6.45, 7) is 8.06. The minimum atomic E-state index is -0.912. The molecule has 0 aliphatic carbocycles. The number of aryl methyl sites for hydroxylation is 4. The first-order valence-electron chi connectivity index (χ1n) is 10.8. The van der Waals surface area contributed by atoms with Crippen LogP contribution in [0.15, 0.2) is 54.6 Å². The van der Waals surface area contributed by atoms with E-state index in [-0.39, 0.29) is 6.42 Å². The van der Waals surface area contributed by atoms with E-state index in [0.29, 0.717) is 28.8 Å². The lowest BCUT2D eigenvalue weighted by Crippen LogP contribution is -2.17. The van der Waals surface area contributed by atoms with E-state index in [0.717, 1.165) is 22.8 Å². The number of aliphatic carboxylic acids is 1. The molecule has 4 heterocycles. The average Bonchev–Trinajstić information content (AvgIpc) is 3.31. The summed E-state index contributed by atoms with van der Waals surface area (Å²) in [5, 5.41) is 10.2. The van der Waals surface area contributed by atoms with Crippen LogP contribution in [0.25, 0.3) is 11.6 Å². The van der Waals surface area contributed by atoms with Gasteiger partial charge in [0.15, 0.2) is 0 Å². The minimum Gasteiger partial charge on any atom is -0.481 e. The van der Waals surface area contributed by atoms with Crippen molar-refractivity contribution in [3.05, 3.63) is 88.6 Å². The molecule has 4 aromatic heterocycles. The summed E-state index contributed by atoms with van der Waals surface area (Å²) in [5.74, 6) is 0.145. The van der Waals surface area contributed by atoms with Crippen LogP contribution in [-0.4, -0.2) is 37.3 Å². The molecule has 7 heteroatoms. The van der Waals surface area contributed by atoms with E-state index in [2.05, 4.69) is 4.98 Å². The first-order valence-corrected chi connectivity index (χ1v) is 10.8. The molecule has 0 aliphatic heterocycles. The Labute approximate surface area is 193 Å². The fraction of sp³-hybridized carbons (Fsp3) is 0.269. The second kappa shape index (κ2) is 8.94. The number of hydrogen-bond donors (Lipinski definition) is 1. The molecule has 0 spiro atoms. The van der Waals surface area contributed by atoms with Crippen LogP contribution in [0.2, 0.25) is 0 Å². The van der Waals surface area contributed by atoms with Crippen LogP contribution >= 0.6 is 0 Å². The van der Waals surface area contributed by atoms with Crippen molar-refractivity contribution in [2.75, 3.05) is 7.11 Å². The van der Waals surface area contributed by atoms with Crippen molar-refractivity contribution < 1.29 is 14.6 Å². The monoisotopic (exact) mass is 444 g/mol. The first kappa shape index (κ1) is 22.3. The number of carboxylic acids is 1. The quantitative estimate of drug-likeness (QED) is 0.446. The maximum Gasteiger partial charge on any atom is 0.311 e. The van der Waals surface area contributed by atoms with Gasteiger partial charge in [-0.15, -0.1) is 0 Å². The predicted molar refractivity (Wildman–Crippen MR) is 127 cm³/mol. The largest absolute Gasteiger partial charge is 0.481 e. The van der Waals surface area contributed by atoms with Crippen molar-refractivity contribution in [2.24, 2.45) is 0 Å². The predicted octanol–water partition coefficient (Wildman–Crippen LogP) is 4.71. The summed E-state index contributed by atoms with van der Waals surface area (Å²) in [4.78, 5) is 21.8. The van der Waals surface area contributed by atoms with E-state index in [4.69, 9.17) is 9.72 Å². The minimum absolute atomic E-state index is 0.239. The SMILES string of the molecule is COc1cccc(CC(C(=O)O)c2cc(-n3c(C)ccc3C)nc(-n3c(C)ccc3C)c2)n1. The molecular weight excluding hydrogens is 416 g/mol. The van der Waals surface area contributed by atoms with E-state index in [1.54, 1.807) is 13.2 Å². The molecule has 33 heavy (non-hydrogen) atoms. The van der Waals surface area contributed by atoms with Gasteiger partial charge in [0.1, 0.15) is 11.6 Å². The zero-order chi connectivity index (χ0) is 23.7. The summed E-state index contributed by atoms with van der Waals surface area (Å²) in [7, 11) is 1.55. The van der Waals surface area contributed by atoms with Crippen LogP contribution < -0.4 is 4.74 Å². The number of rotatable bonds is 7. The van der Waals surface area contributed by atoms with Gasteiger partial charge < -0.3 is 19.0 Å². The molecule has 4 aromatic rings. The van der Waals surface area contributed by atoms with Gasteiger partial charge in [0, 0.05) is 41.0 Å². The molecule has 1 N–H and O–H groups in total. The number of carbonyl (C=O) groups is 1. The highest BCUT2D eigenvalue weighted by Crippen LogP contribution is 2.28. The van der Waals surface area contributed by atoms with Crippen molar-refractivity contribution >= 4 is 5.97 Å². The van der Waals surface area contributed by atoms with E-state index in [9.17, 15) is 9.90 Å². The molecule has 0 fully saturated rings. The molecule has 0 saturated heterocycles. The molecule has 0 amide bonds. The van der Waals surface area contributed by atoms with Crippen LogP contribution in [0.1, 0.15) is 40.0 Å². The molecule has 0 bridgehead atoms. The molecule has 170 valence electrons. The van der Waals surface area contributed by atoms with Crippen molar-refractivity contribution in [3.8, 4) is 17.5 Å². The van der Waals surface area contributed by atoms with Crippen LogP contribution in [0.5, 0.6) is 5.88 Å². The van der Waals surface area contributed by atoms with Gasteiger partial charge in [0.05, 0.1) is 13.0 Å². The molecule has 7 nitrogen and oxygen atoms in total. The summed E-state index contributed by atoms with van der Waals surface area (Å²) >= 11 is 0. The lowest BCUT2D eigenvalue weighted by Gasteiger charge is -2.19. The van der Waals surface area contributed by atoms with Crippen molar-refractivity contribution in [2.45, 2.75) is 40.0 Å². The molecule has 1 unspecified atom stereocenters. The van der Waals surface area contributed by atoms with Crippen molar-refractivity contribution in [1.29, 1.82) is 0 Å². The Morgan fingerprint density at radius 2 is 1.39 bits per heavy atom. The number of aromatic nitrogens is 4. The first-order chi connectivity index (χ1) is 15.8. The maximum absolute atomic E-state index is 12.4. The zero-order valence-corrected chi connectivity index (χ0v) is 19.5. The Morgan fingerprint density at radius 1 is 0.879 bits per heavy atom. The molecule has 0 radical (unpaired) electrons. The second-order valence-corrected chi connectivity index (χ2v) is 8.29. The third kappa shape index (κ3) is 4.39. The highest BCUT2D eigenvalue weighted by atomic mass is 16.5. The van der Waals surface area contributed by atoms with Gasteiger partial charge >= 0.3 is 5.97 Å². The average molecular weight is 445 g/mol. The van der Waals surface area contributed by atoms with Gasteiger partial charge in [-0.25, -0.2) is 9.97 Å². The summed E-state index contributed by atoms with van der Waals surface area (Å²) in [6, 6.07) is 17.3. The summed E-state index contributed by atoms with van der Waals surface area (Å²) in [5.41, 5.74) is 5.46. The highest BCUT2D eigenvalue weighted by molar-refractivity contribution is 5.77. The van der Waals surface area contributed by atoms with Gasteiger partial charge in [0.25, 0.3) is 0 Å². The third-order valence-corrected chi connectivity index (χ3v) is 5.93. The smallest absolute Gasteiger partial charge is 0.311 e. The zero-order valence-electron chi connectivity index (χ0n) is 19.5. The number of methoxy groups -OCH3 is 1. The van der Waals surface area contributed by atoms with Crippen LogP contribution in [0.4, 0.5) is 0 Å². The Kier molecular flexibility index (Phi) is 6.05. The standard InChI is InChI=1S/C26H28N4O3/c1-16-9-10-17(2)29(16)23-13-20(14-24(28-23)30-18(3)11-12-19(30)4)22(26(31)32)15-21-7-6-8-25(27-21)33-5/h6-14,22H,15H2,1-5H3,(H,31,32). The molecular formula is C26H28N4O3. The second-order valence-electron chi connectivity index (χ2n) is 8.29. The van der Waals surface area contributed by atoms with Crippen LogP contribution in [0.3, 0.4) is 0 Å². The number of pyridine rings is 2. The van der Waals surface area contributed by atoms with E-state index in [1.807, 2.05) is 85.4 Å². The Morgan fingerprint density at radius 3 is 1.85 bits per heavy atom. The van der Waals surface area contributed by atoms with E-state index in [1.165, 1.54) is 0 Å². The Bertz CT molecular complexity index is 1220. The lowest BCUT2D eigenvalue weighted by molar-refractivity contribution is -0.138. The fourth-order valence-corrected chi connectivity index (χ4v) is 4.25. The van der Waals surface area contributed by atoms with E-state index >= 15 is 0 Å². The molecule has 0 aliphatic rings. The maximum atomic E-state index is 12.4. The lowest BCUT2D eigenvalue weighted by atomic mass is 9.94. The Hall–Kier alpha value is -3.87. The molecule has 1 atom stereocenters. The third-order valence-electron chi connectivity index (χ3n) is 5.93.